The van der Waals surface area contributed by atoms with Gasteiger partial charge in [0.1, 0.15) is 4.83 Å². The molecule has 0 atom stereocenters. The van der Waals surface area contributed by atoms with E-state index in [-0.39, 0.29) is 30.0 Å². The first-order valence-corrected chi connectivity index (χ1v) is 11.0. The van der Waals surface area contributed by atoms with Crippen LogP contribution >= 0.6 is 11.3 Å². The normalized spacial score (nSPS) is 11.7. The number of hydrogen-bond donors (Lipinski definition) is 1. The smallest absolute Gasteiger partial charge is 0.262 e. The van der Waals surface area contributed by atoms with Crippen LogP contribution in [0.25, 0.3) is 21.3 Å². The van der Waals surface area contributed by atoms with E-state index in [0.29, 0.717) is 10.2 Å². The minimum absolute atomic E-state index is 0.0218. The first-order chi connectivity index (χ1) is 12.8. The highest BCUT2D eigenvalue weighted by atomic mass is 32.2. The number of sulfone groups is 1. The number of benzene rings is 1. The van der Waals surface area contributed by atoms with Crippen LogP contribution in [0.5, 0.6) is 0 Å². The lowest BCUT2D eigenvalue weighted by atomic mass is 10.1. The van der Waals surface area contributed by atoms with Crippen molar-refractivity contribution >= 4 is 37.3 Å². The molecule has 0 saturated carbocycles. The van der Waals surface area contributed by atoms with Gasteiger partial charge in [0.25, 0.3) is 5.56 Å². The summed E-state index contributed by atoms with van der Waals surface area (Å²) in [6, 6.07) is 7.84. The van der Waals surface area contributed by atoms with Gasteiger partial charge >= 0.3 is 0 Å². The maximum absolute atomic E-state index is 12.9. The van der Waals surface area contributed by atoms with Gasteiger partial charge in [0, 0.05) is 23.9 Å². The van der Waals surface area contributed by atoms with Crippen LogP contribution in [-0.4, -0.2) is 35.4 Å². The van der Waals surface area contributed by atoms with Crippen LogP contribution in [0.15, 0.2) is 40.8 Å². The van der Waals surface area contributed by atoms with Gasteiger partial charge in [0.15, 0.2) is 9.84 Å². The monoisotopic (exact) mass is 405 g/mol. The van der Waals surface area contributed by atoms with Crippen LogP contribution in [0.2, 0.25) is 0 Å². The number of aryl methyl sites for hydroxylation is 2. The molecule has 7 nitrogen and oxygen atoms in total. The lowest BCUT2D eigenvalue weighted by Crippen LogP contribution is -2.26. The Hall–Kier alpha value is -2.52. The number of amides is 1. The van der Waals surface area contributed by atoms with Gasteiger partial charge in [0.2, 0.25) is 5.91 Å². The minimum atomic E-state index is -3.48. The van der Waals surface area contributed by atoms with Gasteiger partial charge in [-0.2, -0.15) is 0 Å². The fourth-order valence-electron chi connectivity index (χ4n) is 2.67. The SMILES string of the molecule is Cc1ccc(-c2csc3ncn(CCS(=O)(=O)CCC(N)=O)c(=O)c23)cc1. The summed E-state index contributed by atoms with van der Waals surface area (Å²) in [4.78, 5) is 28.6. The van der Waals surface area contributed by atoms with Crippen LogP contribution < -0.4 is 11.3 Å². The molecule has 2 N–H and O–H groups in total. The molecule has 0 unspecified atom stereocenters. The lowest BCUT2D eigenvalue weighted by molar-refractivity contribution is -0.117. The summed E-state index contributed by atoms with van der Waals surface area (Å²) >= 11 is 1.38. The number of aromatic nitrogens is 2. The van der Waals surface area contributed by atoms with Crippen molar-refractivity contribution in [3.8, 4) is 11.1 Å². The van der Waals surface area contributed by atoms with E-state index in [1.807, 2.05) is 36.6 Å². The van der Waals surface area contributed by atoms with E-state index >= 15 is 0 Å². The fraction of sp³-hybridized carbons (Fsp3) is 0.278. The molecule has 0 spiro atoms. The van der Waals surface area contributed by atoms with Crippen LogP contribution in [0.1, 0.15) is 12.0 Å². The second-order valence-corrected chi connectivity index (χ2v) is 9.47. The van der Waals surface area contributed by atoms with Crippen LogP contribution in [-0.2, 0) is 21.2 Å². The van der Waals surface area contributed by atoms with E-state index < -0.39 is 15.7 Å². The third-order valence-corrected chi connectivity index (χ3v) is 6.74. The summed E-state index contributed by atoms with van der Waals surface area (Å²) in [5.41, 5.74) is 7.54. The van der Waals surface area contributed by atoms with Crippen LogP contribution in [0, 0.1) is 6.92 Å². The summed E-state index contributed by atoms with van der Waals surface area (Å²) in [5, 5.41) is 2.37. The Bertz CT molecular complexity index is 1150. The molecule has 9 heteroatoms. The Balaban J connectivity index is 1.91. The Morgan fingerprint density at radius 3 is 2.59 bits per heavy atom. The van der Waals surface area contributed by atoms with Crippen molar-refractivity contribution in [3.05, 3.63) is 51.9 Å². The first kappa shape index (κ1) is 19.2. The van der Waals surface area contributed by atoms with E-state index in [2.05, 4.69) is 4.98 Å². The van der Waals surface area contributed by atoms with Gasteiger partial charge in [0.05, 0.1) is 23.2 Å². The molecule has 0 aliphatic carbocycles. The average Bonchev–Trinajstić information content (AvgIpc) is 3.05. The number of hydrogen-bond acceptors (Lipinski definition) is 6. The lowest BCUT2D eigenvalue weighted by Gasteiger charge is -2.07. The molecule has 0 aliphatic rings. The Kier molecular flexibility index (Phi) is 5.43. The van der Waals surface area contributed by atoms with E-state index in [0.717, 1.165) is 16.7 Å². The van der Waals surface area contributed by atoms with E-state index in [1.54, 1.807) is 0 Å². The molecule has 142 valence electrons. The zero-order valence-electron chi connectivity index (χ0n) is 14.7. The molecule has 1 aromatic carbocycles. The summed E-state index contributed by atoms with van der Waals surface area (Å²) in [7, 11) is -3.48. The molecule has 27 heavy (non-hydrogen) atoms. The van der Waals surface area contributed by atoms with Crippen molar-refractivity contribution in [2.24, 2.45) is 5.73 Å². The Morgan fingerprint density at radius 1 is 1.22 bits per heavy atom. The zero-order valence-corrected chi connectivity index (χ0v) is 16.3. The van der Waals surface area contributed by atoms with Crippen LogP contribution in [0.4, 0.5) is 0 Å². The van der Waals surface area contributed by atoms with Crippen molar-refractivity contribution in [1.82, 2.24) is 9.55 Å². The number of nitrogens with zero attached hydrogens (tertiary/aromatic N) is 2. The zero-order chi connectivity index (χ0) is 19.6. The van der Waals surface area contributed by atoms with Crippen molar-refractivity contribution < 1.29 is 13.2 Å². The first-order valence-electron chi connectivity index (χ1n) is 8.29. The van der Waals surface area contributed by atoms with Gasteiger partial charge in [-0.05, 0) is 12.5 Å². The van der Waals surface area contributed by atoms with Crippen molar-refractivity contribution in [1.29, 1.82) is 0 Å². The molecule has 0 bridgehead atoms. The van der Waals surface area contributed by atoms with Gasteiger partial charge in [-0.3, -0.25) is 14.2 Å². The Labute approximate surface area is 160 Å². The molecule has 2 heterocycles. The highest BCUT2D eigenvalue weighted by Crippen LogP contribution is 2.30. The number of primary amides is 1. The molecule has 0 aliphatic heterocycles. The molecule has 2 aromatic heterocycles. The second-order valence-electron chi connectivity index (χ2n) is 6.31. The van der Waals surface area contributed by atoms with Crippen molar-refractivity contribution in [3.63, 3.8) is 0 Å². The molecule has 0 saturated heterocycles. The minimum Gasteiger partial charge on any atom is -0.370 e. The summed E-state index contributed by atoms with van der Waals surface area (Å²) in [6.07, 6.45) is 1.14. The number of rotatable bonds is 7. The van der Waals surface area contributed by atoms with Crippen molar-refractivity contribution in [2.75, 3.05) is 11.5 Å². The molecular weight excluding hydrogens is 386 g/mol. The molecular formula is C18H19N3O4S2. The average molecular weight is 406 g/mol. The van der Waals surface area contributed by atoms with Gasteiger partial charge in [-0.1, -0.05) is 29.8 Å². The molecule has 1 amide bonds. The maximum atomic E-state index is 12.9. The van der Waals surface area contributed by atoms with E-state index in [1.165, 1.54) is 22.2 Å². The van der Waals surface area contributed by atoms with E-state index in [9.17, 15) is 18.0 Å². The second kappa shape index (κ2) is 7.61. The number of thiophene rings is 1. The largest absolute Gasteiger partial charge is 0.370 e. The number of nitrogens with two attached hydrogens (primary N) is 1. The van der Waals surface area contributed by atoms with Gasteiger partial charge in [-0.15, -0.1) is 11.3 Å². The number of carbonyl (C=O) groups is 1. The molecule has 3 rings (SSSR count). The van der Waals surface area contributed by atoms with Gasteiger partial charge < -0.3 is 5.73 Å². The van der Waals surface area contributed by atoms with Crippen molar-refractivity contribution in [2.45, 2.75) is 19.9 Å². The highest BCUT2D eigenvalue weighted by molar-refractivity contribution is 7.91. The molecule has 3 aromatic rings. The summed E-state index contributed by atoms with van der Waals surface area (Å²) in [5.74, 6) is -1.24. The van der Waals surface area contributed by atoms with E-state index in [4.69, 9.17) is 5.73 Å². The van der Waals surface area contributed by atoms with Crippen LogP contribution in [0.3, 0.4) is 0 Å². The number of carbonyl (C=O) groups excluding carboxylic acids is 1. The maximum Gasteiger partial charge on any atom is 0.262 e. The quantitative estimate of drug-likeness (QED) is 0.643. The van der Waals surface area contributed by atoms with Gasteiger partial charge in [-0.25, -0.2) is 13.4 Å². The molecule has 0 radical (unpaired) electrons. The predicted molar refractivity (Wildman–Crippen MR) is 107 cm³/mol. The standard InChI is InChI=1S/C18H19N3O4S2/c1-12-2-4-13(5-3-12)14-10-26-17-16(14)18(23)21(11-20-17)7-9-27(24,25)8-6-15(19)22/h2-5,10-11H,6-9H2,1H3,(H2,19,22). The summed E-state index contributed by atoms with van der Waals surface area (Å²) in [6.45, 7) is 1.97. The topological polar surface area (TPSA) is 112 Å². The summed E-state index contributed by atoms with van der Waals surface area (Å²) < 4.78 is 25.3. The number of fused-ring (bicyclic) bond motifs is 1. The fourth-order valence-corrected chi connectivity index (χ4v) is 4.77. The predicted octanol–water partition coefficient (Wildman–Crippen LogP) is 1.72. The third-order valence-electron chi connectivity index (χ3n) is 4.23. The Morgan fingerprint density at radius 2 is 1.93 bits per heavy atom. The molecule has 0 fully saturated rings. The third kappa shape index (κ3) is 4.42. The highest BCUT2D eigenvalue weighted by Gasteiger charge is 2.16.